The smallest absolute Gasteiger partial charge is 0.411 e. The third-order valence-corrected chi connectivity index (χ3v) is 3.61. The summed E-state index contributed by atoms with van der Waals surface area (Å²) in [5.41, 5.74) is 8.97. The van der Waals surface area contributed by atoms with Crippen molar-refractivity contribution in [2.45, 2.75) is 18.9 Å². The van der Waals surface area contributed by atoms with E-state index < -0.39 is 6.09 Å². The van der Waals surface area contributed by atoms with E-state index in [1.807, 2.05) is 42.6 Å². The number of nitrogen functional groups attached to an aromatic ring is 1. The Morgan fingerprint density at radius 3 is 2.65 bits per heavy atom. The van der Waals surface area contributed by atoms with Gasteiger partial charge in [0.05, 0.1) is 0 Å². The number of rotatable bonds is 3. The lowest BCUT2D eigenvalue weighted by atomic mass is 10.1. The summed E-state index contributed by atoms with van der Waals surface area (Å²) in [7, 11) is 0. The summed E-state index contributed by atoms with van der Waals surface area (Å²) in [5, 5.41) is 6.82. The van der Waals surface area contributed by atoms with Gasteiger partial charge in [-0.3, -0.25) is 5.32 Å². The lowest BCUT2D eigenvalue weighted by Gasteiger charge is -2.07. The number of carbonyl (C=O) groups is 1. The van der Waals surface area contributed by atoms with Gasteiger partial charge in [-0.2, -0.15) is 4.98 Å². The summed E-state index contributed by atoms with van der Waals surface area (Å²) in [5.74, 6) is 0.246. The van der Waals surface area contributed by atoms with E-state index in [4.69, 9.17) is 10.5 Å². The molecule has 116 valence electrons. The second kappa shape index (κ2) is 5.28. The van der Waals surface area contributed by atoms with Gasteiger partial charge in [0.2, 0.25) is 5.95 Å². The van der Waals surface area contributed by atoms with Crippen molar-refractivity contribution in [3.05, 3.63) is 42.6 Å². The molecule has 0 saturated heterocycles. The monoisotopic (exact) mass is 309 g/mol. The van der Waals surface area contributed by atoms with Crippen LogP contribution in [0, 0.1) is 0 Å². The first-order valence-corrected chi connectivity index (χ1v) is 7.37. The third kappa shape index (κ3) is 2.94. The first-order chi connectivity index (χ1) is 11.2. The molecule has 0 radical (unpaired) electrons. The van der Waals surface area contributed by atoms with Gasteiger partial charge in [-0.05, 0) is 42.7 Å². The van der Waals surface area contributed by atoms with E-state index in [-0.39, 0.29) is 12.1 Å². The second-order valence-electron chi connectivity index (χ2n) is 5.50. The van der Waals surface area contributed by atoms with Crippen molar-refractivity contribution in [1.29, 1.82) is 0 Å². The highest BCUT2D eigenvalue weighted by atomic mass is 16.6. The van der Waals surface area contributed by atoms with Crippen molar-refractivity contribution in [3.63, 3.8) is 0 Å². The molecule has 7 nitrogen and oxygen atoms in total. The number of pyridine rings is 1. The van der Waals surface area contributed by atoms with Crippen LogP contribution in [0.5, 0.6) is 0 Å². The Labute approximate surface area is 132 Å². The van der Waals surface area contributed by atoms with Crippen LogP contribution >= 0.6 is 0 Å². The van der Waals surface area contributed by atoms with Crippen molar-refractivity contribution in [2.75, 3.05) is 11.1 Å². The maximum atomic E-state index is 11.6. The molecule has 0 unspecified atom stereocenters. The summed E-state index contributed by atoms with van der Waals surface area (Å²) in [4.78, 5) is 15.7. The van der Waals surface area contributed by atoms with E-state index in [0.717, 1.165) is 24.0 Å². The molecule has 0 aliphatic heterocycles. The molecule has 4 rings (SSSR count). The Kier molecular flexibility index (Phi) is 3.11. The van der Waals surface area contributed by atoms with Crippen LogP contribution in [0.15, 0.2) is 42.6 Å². The van der Waals surface area contributed by atoms with Gasteiger partial charge in [-0.15, -0.1) is 5.10 Å². The third-order valence-electron chi connectivity index (χ3n) is 3.61. The fraction of sp³-hybridized carbons (Fsp3) is 0.188. The van der Waals surface area contributed by atoms with Crippen LogP contribution in [0.2, 0.25) is 0 Å². The topological polar surface area (TPSA) is 94.5 Å². The maximum Gasteiger partial charge on any atom is 0.411 e. The maximum absolute atomic E-state index is 11.6. The highest BCUT2D eigenvalue weighted by Gasteiger charge is 2.25. The van der Waals surface area contributed by atoms with Crippen LogP contribution in [-0.2, 0) is 4.74 Å². The number of hydrogen-bond acceptors (Lipinski definition) is 5. The molecule has 0 bridgehead atoms. The predicted molar refractivity (Wildman–Crippen MR) is 86.0 cm³/mol. The molecular formula is C16H15N5O2. The summed E-state index contributed by atoms with van der Waals surface area (Å²) in [6.07, 6.45) is 3.47. The lowest BCUT2D eigenvalue weighted by Crippen LogP contribution is -2.14. The zero-order valence-electron chi connectivity index (χ0n) is 12.3. The highest BCUT2D eigenvalue weighted by Crippen LogP contribution is 2.25. The average Bonchev–Trinajstić information content (AvgIpc) is 3.25. The molecule has 23 heavy (non-hydrogen) atoms. The van der Waals surface area contributed by atoms with Crippen LogP contribution in [0.1, 0.15) is 12.8 Å². The largest absolute Gasteiger partial charge is 0.446 e. The van der Waals surface area contributed by atoms with Crippen molar-refractivity contribution in [3.8, 4) is 11.1 Å². The summed E-state index contributed by atoms with van der Waals surface area (Å²) in [6, 6.07) is 11.3. The molecule has 1 saturated carbocycles. The fourth-order valence-electron chi connectivity index (χ4n) is 2.30. The fourth-order valence-corrected chi connectivity index (χ4v) is 2.30. The first-order valence-electron chi connectivity index (χ1n) is 7.37. The van der Waals surface area contributed by atoms with Gasteiger partial charge in [-0.25, -0.2) is 9.31 Å². The first kappa shape index (κ1) is 13.6. The molecule has 3 aromatic rings. The zero-order valence-corrected chi connectivity index (χ0v) is 12.3. The van der Waals surface area contributed by atoms with E-state index in [9.17, 15) is 4.79 Å². The number of carbonyl (C=O) groups excluding carboxylic acids is 1. The normalized spacial score (nSPS) is 13.9. The Bertz CT molecular complexity index is 868. The van der Waals surface area contributed by atoms with E-state index >= 15 is 0 Å². The van der Waals surface area contributed by atoms with Gasteiger partial charge in [0.25, 0.3) is 0 Å². The van der Waals surface area contributed by atoms with Crippen molar-refractivity contribution in [1.82, 2.24) is 14.6 Å². The quantitative estimate of drug-likeness (QED) is 0.775. The number of aromatic nitrogens is 3. The molecule has 1 amide bonds. The minimum Gasteiger partial charge on any atom is -0.446 e. The predicted octanol–water partition coefficient (Wildman–Crippen LogP) is 2.69. The molecule has 3 N–H and O–H groups in total. The summed E-state index contributed by atoms with van der Waals surface area (Å²) < 4.78 is 6.79. The Hall–Kier alpha value is -3.09. The minimum atomic E-state index is -0.403. The molecule has 1 aliphatic carbocycles. The number of benzene rings is 1. The van der Waals surface area contributed by atoms with Gasteiger partial charge in [0.1, 0.15) is 6.10 Å². The average molecular weight is 309 g/mol. The van der Waals surface area contributed by atoms with E-state index in [1.54, 1.807) is 4.52 Å². The molecule has 1 aromatic carbocycles. The number of anilines is 2. The van der Waals surface area contributed by atoms with Crippen LogP contribution in [0.3, 0.4) is 0 Å². The van der Waals surface area contributed by atoms with Gasteiger partial charge in [0.15, 0.2) is 5.65 Å². The number of hydrogen-bond donors (Lipinski definition) is 2. The molecule has 2 aromatic heterocycles. The molecular weight excluding hydrogens is 294 g/mol. The van der Waals surface area contributed by atoms with Crippen LogP contribution in [-0.4, -0.2) is 26.8 Å². The van der Waals surface area contributed by atoms with Gasteiger partial charge >= 0.3 is 6.09 Å². The van der Waals surface area contributed by atoms with Crippen LogP contribution < -0.4 is 11.1 Å². The number of fused-ring (bicyclic) bond motifs is 1. The van der Waals surface area contributed by atoms with Crippen LogP contribution in [0.4, 0.5) is 16.4 Å². The van der Waals surface area contributed by atoms with Crippen molar-refractivity contribution in [2.24, 2.45) is 0 Å². The van der Waals surface area contributed by atoms with Crippen molar-refractivity contribution < 1.29 is 9.53 Å². The second-order valence-corrected chi connectivity index (χ2v) is 5.50. The number of amides is 1. The molecule has 1 aliphatic rings. The number of ether oxygens (including phenoxy) is 1. The Morgan fingerprint density at radius 2 is 1.91 bits per heavy atom. The van der Waals surface area contributed by atoms with E-state index in [0.29, 0.717) is 11.3 Å². The molecule has 0 atom stereocenters. The number of nitrogens with zero attached hydrogens (tertiary/aromatic N) is 3. The number of nitrogens with two attached hydrogens (primary N) is 1. The molecule has 2 heterocycles. The van der Waals surface area contributed by atoms with E-state index in [1.165, 1.54) is 0 Å². The molecule has 0 spiro atoms. The molecule has 1 fully saturated rings. The summed E-state index contributed by atoms with van der Waals surface area (Å²) in [6.45, 7) is 0. The Morgan fingerprint density at radius 1 is 1.17 bits per heavy atom. The molecule has 7 heteroatoms. The van der Waals surface area contributed by atoms with Gasteiger partial charge in [0, 0.05) is 17.4 Å². The lowest BCUT2D eigenvalue weighted by molar-refractivity contribution is 0.154. The standard InChI is InChI=1S/C16H15N5O2/c17-15-19-14-8-3-11(9-21(14)20-15)10-1-4-12(5-2-10)18-16(22)23-13-6-7-13/h1-5,8-9,13H,6-7H2,(H2,17,20)(H,18,22). The van der Waals surface area contributed by atoms with Crippen LogP contribution in [0.25, 0.3) is 16.8 Å². The SMILES string of the molecule is Nc1nc2ccc(-c3ccc(NC(=O)OC4CC4)cc3)cn2n1. The number of nitrogens with one attached hydrogen (secondary N) is 1. The highest BCUT2D eigenvalue weighted by molar-refractivity contribution is 5.85. The van der Waals surface area contributed by atoms with Gasteiger partial charge in [-0.1, -0.05) is 12.1 Å². The summed E-state index contributed by atoms with van der Waals surface area (Å²) >= 11 is 0. The van der Waals surface area contributed by atoms with Crippen molar-refractivity contribution >= 4 is 23.4 Å². The minimum absolute atomic E-state index is 0.0936. The Balaban J connectivity index is 1.52. The van der Waals surface area contributed by atoms with E-state index in [2.05, 4.69) is 15.4 Å². The zero-order chi connectivity index (χ0) is 15.8. The van der Waals surface area contributed by atoms with Gasteiger partial charge < -0.3 is 10.5 Å².